The first kappa shape index (κ1) is 16.4. The monoisotopic (exact) mass is 271 g/mol. The topological polar surface area (TPSA) is 49.8 Å². The number of ether oxygens (including phenoxy) is 1. The van der Waals surface area contributed by atoms with Crippen molar-refractivity contribution in [1.82, 2.24) is 4.90 Å². The maximum Gasteiger partial charge on any atom is 0.309 e. The van der Waals surface area contributed by atoms with Crippen LogP contribution in [0.25, 0.3) is 0 Å². The standard InChI is InChI=1S/C15H29NO3/c1-5-6-15(14(17)18)7-9-16(10-8-15)13(11-19-4)12(2)3/h12-13H,5-11H2,1-4H3,(H,17,18). The van der Waals surface area contributed by atoms with Crippen molar-refractivity contribution in [2.45, 2.75) is 52.5 Å². The number of carboxylic acid groups (broad SMARTS) is 1. The molecule has 1 saturated heterocycles. The van der Waals surface area contributed by atoms with Gasteiger partial charge in [0.15, 0.2) is 0 Å². The predicted octanol–water partition coefficient (Wildman–Crippen LogP) is 2.62. The highest BCUT2D eigenvalue weighted by atomic mass is 16.5. The summed E-state index contributed by atoms with van der Waals surface area (Å²) in [4.78, 5) is 14.0. The summed E-state index contributed by atoms with van der Waals surface area (Å²) in [6, 6.07) is 0.401. The molecule has 0 amide bonds. The van der Waals surface area contributed by atoms with Gasteiger partial charge in [0.1, 0.15) is 0 Å². The van der Waals surface area contributed by atoms with Crippen LogP contribution in [0.5, 0.6) is 0 Å². The van der Waals surface area contributed by atoms with E-state index in [1.54, 1.807) is 7.11 Å². The minimum atomic E-state index is -0.609. The van der Waals surface area contributed by atoms with E-state index in [4.69, 9.17) is 4.74 Å². The molecule has 0 spiro atoms. The number of hydrogen-bond donors (Lipinski definition) is 1. The number of rotatable bonds is 7. The summed E-state index contributed by atoms with van der Waals surface area (Å²) in [5, 5.41) is 9.51. The highest BCUT2D eigenvalue weighted by molar-refractivity contribution is 5.74. The van der Waals surface area contributed by atoms with Gasteiger partial charge >= 0.3 is 5.97 Å². The molecule has 4 nitrogen and oxygen atoms in total. The fourth-order valence-electron chi connectivity index (χ4n) is 3.22. The molecule has 1 rings (SSSR count). The van der Waals surface area contributed by atoms with Crippen LogP contribution in [0.2, 0.25) is 0 Å². The van der Waals surface area contributed by atoms with Crippen molar-refractivity contribution in [3.63, 3.8) is 0 Å². The average molecular weight is 271 g/mol. The van der Waals surface area contributed by atoms with Gasteiger partial charge in [-0.05, 0) is 38.3 Å². The molecule has 0 bridgehead atoms. The second kappa shape index (κ2) is 7.25. The zero-order valence-electron chi connectivity index (χ0n) is 12.8. The Bertz CT molecular complexity index is 283. The number of nitrogens with zero attached hydrogens (tertiary/aromatic N) is 1. The second-order valence-electron chi connectivity index (χ2n) is 6.14. The third-order valence-electron chi connectivity index (χ3n) is 4.51. The Morgan fingerprint density at radius 3 is 2.32 bits per heavy atom. The molecule has 1 unspecified atom stereocenters. The molecular formula is C15H29NO3. The number of hydrogen-bond acceptors (Lipinski definition) is 3. The molecular weight excluding hydrogens is 242 g/mol. The molecule has 1 atom stereocenters. The van der Waals surface area contributed by atoms with Gasteiger partial charge in [-0.2, -0.15) is 0 Å². The van der Waals surface area contributed by atoms with Gasteiger partial charge in [0, 0.05) is 13.2 Å². The van der Waals surface area contributed by atoms with Crippen LogP contribution in [-0.2, 0) is 9.53 Å². The lowest BCUT2D eigenvalue weighted by Gasteiger charge is -2.43. The Morgan fingerprint density at radius 2 is 1.95 bits per heavy atom. The van der Waals surface area contributed by atoms with E-state index < -0.39 is 11.4 Å². The van der Waals surface area contributed by atoms with Gasteiger partial charge in [0.2, 0.25) is 0 Å². The van der Waals surface area contributed by atoms with E-state index in [2.05, 4.69) is 25.7 Å². The van der Waals surface area contributed by atoms with Crippen molar-refractivity contribution in [1.29, 1.82) is 0 Å². The average Bonchev–Trinajstić information content (AvgIpc) is 2.37. The minimum absolute atomic E-state index is 0.401. The maximum atomic E-state index is 11.6. The van der Waals surface area contributed by atoms with Crippen molar-refractivity contribution in [3.8, 4) is 0 Å². The van der Waals surface area contributed by atoms with Crippen LogP contribution in [0.4, 0.5) is 0 Å². The molecule has 0 aromatic heterocycles. The predicted molar refractivity (Wildman–Crippen MR) is 76.3 cm³/mol. The van der Waals surface area contributed by atoms with Crippen molar-refractivity contribution >= 4 is 5.97 Å². The summed E-state index contributed by atoms with van der Waals surface area (Å²) >= 11 is 0. The Kier molecular flexibility index (Phi) is 6.27. The van der Waals surface area contributed by atoms with E-state index in [9.17, 15) is 9.90 Å². The van der Waals surface area contributed by atoms with Crippen LogP contribution in [0.3, 0.4) is 0 Å². The molecule has 1 aliphatic heterocycles. The van der Waals surface area contributed by atoms with E-state index in [1.165, 1.54) is 0 Å². The Morgan fingerprint density at radius 1 is 1.37 bits per heavy atom. The smallest absolute Gasteiger partial charge is 0.309 e. The molecule has 0 radical (unpaired) electrons. The lowest BCUT2D eigenvalue weighted by atomic mass is 9.74. The first-order valence-electron chi connectivity index (χ1n) is 7.43. The molecule has 0 aromatic rings. The summed E-state index contributed by atoms with van der Waals surface area (Å²) in [6.07, 6.45) is 3.27. The number of likely N-dealkylation sites (tertiary alicyclic amines) is 1. The lowest BCUT2D eigenvalue weighted by molar-refractivity contribution is -0.153. The molecule has 0 aromatic carbocycles. The van der Waals surface area contributed by atoms with Crippen LogP contribution in [0.1, 0.15) is 46.5 Å². The molecule has 0 saturated carbocycles. The molecule has 1 heterocycles. The Labute approximate surface area is 117 Å². The normalized spacial score (nSPS) is 21.5. The van der Waals surface area contributed by atoms with Crippen LogP contribution in [0, 0.1) is 11.3 Å². The molecule has 0 aliphatic carbocycles. The number of aliphatic carboxylic acids is 1. The van der Waals surface area contributed by atoms with Gasteiger partial charge in [-0.15, -0.1) is 0 Å². The lowest BCUT2D eigenvalue weighted by Crippen LogP contribution is -2.51. The zero-order chi connectivity index (χ0) is 14.5. The zero-order valence-corrected chi connectivity index (χ0v) is 12.8. The van der Waals surface area contributed by atoms with Crippen LogP contribution >= 0.6 is 0 Å². The highest BCUT2D eigenvalue weighted by Crippen LogP contribution is 2.37. The molecule has 1 fully saturated rings. The van der Waals surface area contributed by atoms with Crippen LogP contribution in [0.15, 0.2) is 0 Å². The minimum Gasteiger partial charge on any atom is -0.481 e. The van der Waals surface area contributed by atoms with E-state index in [-0.39, 0.29) is 0 Å². The summed E-state index contributed by atoms with van der Waals surface area (Å²) < 4.78 is 5.31. The Balaban J connectivity index is 2.66. The third-order valence-corrected chi connectivity index (χ3v) is 4.51. The van der Waals surface area contributed by atoms with Crippen molar-refractivity contribution in [2.24, 2.45) is 11.3 Å². The quantitative estimate of drug-likeness (QED) is 0.773. The Hall–Kier alpha value is -0.610. The molecule has 19 heavy (non-hydrogen) atoms. The van der Waals surface area contributed by atoms with Gasteiger partial charge < -0.3 is 9.84 Å². The first-order valence-corrected chi connectivity index (χ1v) is 7.43. The van der Waals surface area contributed by atoms with Gasteiger partial charge in [-0.3, -0.25) is 9.69 Å². The third kappa shape index (κ3) is 3.93. The van der Waals surface area contributed by atoms with E-state index >= 15 is 0 Å². The largest absolute Gasteiger partial charge is 0.481 e. The molecule has 1 N–H and O–H groups in total. The summed E-state index contributed by atoms with van der Waals surface area (Å²) in [6.45, 7) is 8.95. The number of piperidine rings is 1. The van der Waals surface area contributed by atoms with E-state index in [1.807, 2.05) is 0 Å². The number of carboxylic acids is 1. The van der Waals surface area contributed by atoms with Crippen LogP contribution in [-0.4, -0.2) is 48.8 Å². The number of carbonyl (C=O) groups is 1. The number of methoxy groups -OCH3 is 1. The van der Waals surface area contributed by atoms with Gasteiger partial charge in [-0.1, -0.05) is 27.2 Å². The fourth-order valence-corrected chi connectivity index (χ4v) is 3.22. The second-order valence-corrected chi connectivity index (χ2v) is 6.14. The SMILES string of the molecule is CCCC1(C(=O)O)CCN(C(COC)C(C)C)CC1. The van der Waals surface area contributed by atoms with E-state index in [0.717, 1.165) is 45.4 Å². The van der Waals surface area contributed by atoms with Crippen molar-refractivity contribution < 1.29 is 14.6 Å². The van der Waals surface area contributed by atoms with Crippen molar-refractivity contribution in [3.05, 3.63) is 0 Å². The summed E-state index contributed by atoms with van der Waals surface area (Å²) in [5.41, 5.74) is -0.486. The van der Waals surface area contributed by atoms with Gasteiger partial charge in [-0.25, -0.2) is 0 Å². The summed E-state index contributed by atoms with van der Waals surface area (Å²) in [7, 11) is 1.73. The molecule has 112 valence electrons. The fraction of sp³-hybridized carbons (Fsp3) is 0.933. The maximum absolute atomic E-state index is 11.6. The molecule has 1 aliphatic rings. The first-order chi connectivity index (χ1) is 8.96. The van der Waals surface area contributed by atoms with E-state index in [0.29, 0.717) is 12.0 Å². The summed E-state index contributed by atoms with van der Waals surface area (Å²) in [5.74, 6) is -0.0784. The van der Waals surface area contributed by atoms with Gasteiger partial charge in [0.05, 0.1) is 12.0 Å². The van der Waals surface area contributed by atoms with Crippen molar-refractivity contribution in [2.75, 3.05) is 26.8 Å². The highest BCUT2D eigenvalue weighted by Gasteiger charge is 2.42. The van der Waals surface area contributed by atoms with Gasteiger partial charge in [0.25, 0.3) is 0 Å². The van der Waals surface area contributed by atoms with Crippen LogP contribution < -0.4 is 0 Å². The molecule has 4 heteroatoms.